The minimum absolute atomic E-state index is 0.0287. The quantitative estimate of drug-likeness (QED) is 0.662. The van der Waals surface area contributed by atoms with Crippen LogP contribution < -0.4 is 10.2 Å². The lowest BCUT2D eigenvalue weighted by atomic mass is 10.0. The van der Waals surface area contributed by atoms with E-state index in [-0.39, 0.29) is 18.4 Å². The highest BCUT2D eigenvalue weighted by molar-refractivity contribution is 6.26. The Labute approximate surface area is 182 Å². The van der Waals surface area contributed by atoms with E-state index < -0.39 is 0 Å². The highest BCUT2D eigenvalue weighted by Gasteiger charge is 2.30. The summed E-state index contributed by atoms with van der Waals surface area (Å²) in [5.74, 6) is -0.251. The molecule has 0 radical (unpaired) electrons. The number of carbonyl (C=O) groups is 2. The molecule has 1 N–H and O–H groups in total. The zero-order valence-corrected chi connectivity index (χ0v) is 17.6. The average Bonchev–Trinajstić information content (AvgIpc) is 3.07. The van der Waals surface area contributed by atoms with Crippen molar-refractivity contribution in [3.8, 4) is 0 Å². The number of benzene rings is 3. The highest BCUT2D eigenvalue weighted by atomic mass is 16.2. The molecule has 1 saturated heterocycles. The third kappa shape index (κ3) is 3.93. The van der Waals surface area contributed by atoms with E-state index >= 15 is 0 Å². The molecule has 5 nitrogen and oxygen atoms in total. The van der Waals surface area contributed by atoms with Gasteiger partial charge < -0.3 is 5.32 Å². The van der Waals surface area contributed by atoms with E-state index in [0.29, 0.717) is 12.1 Å². The Hall–Kier alpha value is -3.18. The van der Waals surface area contributed by atoms with Crippen LogP contribution in [0.4, 0.5) is 5.69 Å². The van der Waals surface area contributed by atoms with Crippen molar-refractivity contribution in [2.24, 2.45) is 0 Å². The molecule has 31 heavy (non-hydrogen) atoms. The van der Waals surface area contributed by atoms with Gasteiger partial charge in [0, 0.05) is 24.0 Å². The van der Waals surface area contributed by atoms with Crippen LogP contribution in [0.1, 0.15) is 40.7 Å². The van der Waals surface area contributed by atoms with E-state index in [1.165, 1.54) is 24.8 Å². The summed E-state index contributed by atoms with van der Waals surface area (Å²) in [6, 6.07) is 19.9. The fourth-order valence-corrected chi connectivity index (χ4v) is 4.77. The predicted octanol–water partition coefficient (Wildman–Crippen LogP) is 4.10. The number of nitrogens with zero attached hydrogens (tertiary/aromatic N) is 2. The zero-order valence-electron chi connectivity index (χ0n) is 17.6. The number of rotatable bonds is 6. The molecule has 0 atom stereocenters. The number of anilines is 1. The number of carbonyl (C=O) groups excluding carboxylic acids is 2. The van der Waals surface area contributed by atoms with E-state index in [1.807, 2.05) is 42.5 Å². The molecule has 2 aliphatic rings. The Bertz CT molecular complexity index is 1130. The van der Waals surface area contributed by atoms with Crippen LogP contribution in [0.3, 0.4) is 0 Å². The van der Waals surface area contributed by atoms with Crippen LogP contribution in [0, 0.1) is 0 Å². The smallest absolute Gasteiger partial charge is 0.259 e. The van der Waals surface area contributed by atoms with Crippen molar-refractivity contribution >= 4 is 28.3 Å². The Kier molecular flexibility index (Phi) is 5.43. The molecule has 0 saturated carbocycles. The molecule has 0 unspecified atom stereocenters. The third-order valence-electron chi connectivity index (χ3n) is 6.39. The Morgan fingerprint density at radius 2 is 1.61 bits per heavy atom. The lowest BCUT2D eigenvalue weighted by Crippen LogP contribution is -2.39. The van der Waals surface area contributed by atoms with Gasteiger partial charge in [-0.25, -0.2) is 0 Å². The molecule has 3 aromatic rings. The number of amides is 2. The van der Waals surface area contributed by atoms with Crippen molar-refractivity contribution in [1.82, 2.24) is 10.2 Å². The molecular formula is C26H27N3O2. The number of nitrogens with one attached hydrogen (secondary N) is 1. The van der Waals surface area contributed by atoms with Gasteiger partial charge in [-0.3, -0.25) is 19.4 Å². The second kappa shape index (κ2) is 8.52. The molecule has 2 aliphatic heterocycles. The second-order valence-corrected chi connectivity index (χ2v) is 8.45. The van der Waals surface area contributed by atoms with Crippen molar-refractivity contribution < 1.29 is 9.59 Å². The summed E-state index contributed by atoms with van der Waals surface area (Å²) in [5.41, 5.74) is 3.89. The van der Waals surface area contributed by atoms with Gasteiger partial charge in [0.15, 0.2) is 0 Å². The molecule has 1 fully saturated rings. The van der Waals surface area contributed by atoms with Crippen LogP contribution in [-0.4, -0.2) is 36.3 Å². The lowest BCUT2D eigenvalue weighted by Gasteiger charge is -2.27. The van der Waals surface area contributed by atoms with E-state index in [9.17, 15) is 9.59 Å². The van der Waals surface area contributed by atoms with Gasteiger partial charge in [0.25, 0.3) is 5.91 Å². The number of likely N-dealkylation sites (tertiary alicyclic amines) is 1. The van der Waals surface area contributed by atoms with Crippen LogP contribution in [-0.2, 0) is 17.9 Å². The molecule has 0 bridgehead atoms. The van der Waals surface area contributed by atoms with Gasteiger partial charge in [0.2, 0.25) is 5.91 Å². The van der Waals surface area contributed by atoms with Crippen molar-refractivity contribution in [1.29, 1.82) is 0 Å². The normalized spacial score (nSPS) is 16.1. The maximum absolute atomic E-state index is 12.9. The lowest BCUT2D eigenvalue weighted by molar-refractivity contribution is -0.119. The molecule has 0 spiro atoms. The minimum atomic E-state index is -0.147. The van der Waals surface area contributed by atoms with E-state index in [1.54, 1.807) is 4.90 Å². The van der Waals surface area contributed by atoms with Gasteiger partial charge in [-0.05, 0) is 54.6 Å². The van der Waals surface area contributed by atoms with Crippen molar-refractivity contribution in [2.45, 2.75) is 32.4 Å². The van der Waals surface area contributed by atoms with Crippen LogP contribution in [0.2, 0.25) is 0 Å². The predicted molar refractivity (Wildman–Crippen MR) is 123 cm³/mol. The standard InChI is InChI=1S/C26H27N3O2/c30-24(18-29-23-13-7-11-19-10-6-12-22(25(19)23)26(29)31)27-16-20-8-2-3-9-21(20)17-28-14-4-1-5-15-28/h2-3,6-13H,1,4-5,14-18H2,(H,27,30). The first-order valence-electron chi connectivity index (χ1n) is 11.1. The number of hydrogen-bond donors (Lipinski definition) is 1. The van der Waals surface area contributed by atoms with E-state index in [4.69, 9.17) is 0 Å². The van der Waals surface area contributed by atoms with Gasteiger partial charge in [-0.1, -0.05) is 55.0 Å². The fraction of sp³-hybridized carbons (Fsp3) is 0.308. The summed E-state index contributed by atoms with van der Waals surface area (Å²) in [5, 5.41) is 5.00. The summed E-state index contributed by atoms with van der Waals surface area (Å²) in [4.78, 5) is 29.8. The van der Waals surface area contributed by atoms with E-state index in [0.717, 1.165) is 41.7 Å². The van der Waals surface area contributed by atoms with Crippen LogP contribution >= 0.6 is 0 Å². The van der Waals surface area contributed by atoms with Gasteiger partial charge in [-0.2, -0.15) is 0 Å². The first-order valence-corrected chi connectivity index (χ1v) is 11.1. The summed E-state index contributed by atoms with van der Waals surface area (Å²) in [6.45, 7) is 3.71. The highest BCUT2D eigenvalue weighted by Crippen LogP contribution is 2.36. The molecular weight excluding hydrogens is 386 g/mol. The van der Waals surface area contributed by atoms with Crippen LogP contribution in [0.5, 0.6) is 0 Å². The second-order valence-electron chi connectivity index (χ2n) is 8.45. The fourth-order valence-electron chi connectivity index (χ4n) is 4.77. The SMILES string of the molecule is O=C(CN1C(=O)c2cccc3cccc1c23)NCc1ccccc1CN1CCCCC1. The monoisotopic (exact) mass is 413 g/mol. The Morgan fingerprint density at radius 1 is 0.871 bits per heavy atom. The molecule has 2 heterocycles. The number of hydrogen-bond acceptors (Lipinski definition) is 3. The van der Waals surface area contributed by atoms with Gasteiger partial charge in [-0.15, -0.1) is 0 Å². The van der Waals surface area contributed by atoms with Gasteiger partial charge >= 0.3 is 0 Å². The molecule has 3 aromatic carbocycles. The van der Waals surface area contributed by atoms with Crippen LogP contribution in [0.15, 0.2) is 60.7 Å². The number of piperidine rings is 1. The first kappa shape index (κ1) is 19.8. The average molecular weight is 414 g/mol. The molecule has 5 heteroatoms. The molecule has 5 rings (SSSR count). The van der Waals surface area contributed by atoms with E-state index in [2.05, 4.69) is 28.4 Å². The van der Waals surface area contributed by atoms with Crippen molar-refractivity contribution in [2.75, 3.05) is 24.5 Å². The largest absolute Gasteiger partial charge is 0.350 e. The zero-order chi connectivity index (χ0) is 21.2. The Morgan fingerprint density at radius 3 is 2.42 bits per heavy atom. The Balaban J connectivity index is 1.25. The third-order valence-corrected chi connectivity index (χ3v) is 6.39. The van der Waals surface area contributed by atoms with Crippen molar-refractivity contribution in [3.63, 3.8) is 0 Å². The summed E-state index contributed by atoms with van der Waals surface area (Å²) in [6.07, 6.45) is 3.84. The van der Waals surface area contributed by atoms with Gasteiger partial charge in [0.1, 0.15) is 6.54 Å². The first-order chi connectivity index (χ1) is 15.2. The maximum Gasteiger partial charge on any atom is 0.259 e. The summed E-state index contributed by atoms with van der Waals surface area (Å²) < 4.78 is 0. The minimum Gasteiger partial charge on any atom is -0.350 e. The topological polar surface area (TPSA) is 52.7 Å². The maximum atomic E-state index is 12.9. The molecule has 2 amide bonds. The molecule has 0 aromatic heterocycles. The molecule has 0 aliphatic carbocycles. The molecule has 158 valence electrons. The summed E-state index contributed by atoms with van der Waals surface area (Å²) in [7, 11) is 0. The van der Waals surface area contributed by atoms with Gasteiger partial charge in [0.05, 0.1) is 5.69 Å². The van der Waals surface area contributed by atoms with Crippen LogP contribution in [0.25, 0.3) is 10.8 Å². The summed E-state index contributed by atoms with van der Waals surface area (Å²) >= 11 is 0. The van der Waals surface area contributed by atoms with Crippen molar-refractivity contribution in [3.05, 3.63) is 77.4 Å².